The average molecular weight is 430 g/mol. The van der Waals surface area contributed by atoms with Crippen molar-refractivity contribution < 1.29 is 14.0 Å². The van der Waals surface area contributed by atoms with Crippen molar-refractivity contribution in [1.29, 1.82) is 0 Å². The van der Waals surface area contributed by atoms with Gasteiger partial charge in [-0.1, -0.05) is 24.3 Å². The molecule has 1 aromatic heterocycles. The Balaban J connectivity index is 1.31. The summed E-state index contributed by atoms with van der Waals surface area (Å²) >= 11 is 0. The number of hydrogen-bond acceptors (Lipinski definition) is 4. The fourth-order valence-corrected chi connectivity index (χ4v) is 4.51. The van der Waals surface area contributed by atoms with Gasteiger partial charge in [-0.2, -0.15) is 0 Å². The minimum Gasteiger partial charge on any atom is -0.368 e. The normalized spacial score (nSPS) is 18.1. The molecule has 2 aliphatic rings. The molecule has 162 valence electrons. The molecular weight excluding hydrogens is 407 g/mol. The lowest BCUT2D eigenvalue weighted by Gasteiger charge is -2.37. The van der Waals surface area contributed by atoms with Gasteiger partial charge in [0.1, 0.15) is 11.6 Å². The Morgan fingerprint density at radius 2 is 1.66 bits per heavy atom. The van der Waals surface area contributed by atoms with Crippen LogP contribution in [0.1, 0.15) is 28.4 Å². The van der Waals surface area contributed by atoms with Gasteiger partial charge in [-0.15, -0.1) is 0 Å². The highest BCUT2D eigenvalue weighted by Crippen LogP contribution is 2.39. The van der Waals surface area contributed by atoms with Gasteiger partial charge in [0.05, 0.1) is 12.5 Å². The van der Waals surface area contributed by atoms with Gasteiger partial charge < -0.3 is 9.80 Å². The second-order valence-corrected chi connectivity index (χ2v) is 8.01. The van der Waals surface area contributed by atoms with Gasteiger partial charge in [-0.25, -0.2) is 9.37 Å². The predicted octanol–water partition coefficient (Wildman–Crippen LogP) is 3.66. The summed E-state index contributed by atoms with van der Waals surface area (Å²) in [7, 11) is 0. The van der Waals surface area contributed by atoms with Gasteiger partial charge in [0.15, 0.2) is 0 Å². The van der Waals surface area contributed by atoms with Crippen LogP contribution in [-0.4, -0.2) is 47.9 Å². The molecule has 3 heterocycles. The van der Waals surface area contributed by atoms with Gasteiger partial charge in [0, 0.05) is 43.6 Å². The van der Waals surface area contributed by atoms with Gasteiger partial charge >= 0.3 is 0 Å². The lowest BCUT2D eigenvalue weighted by Crippen LogP contribution is -2.49. The summed E-state index contributed by atoms with van der Waals surface area (Å²) in [6.07, 6.45) is 1.86. The number of fused-ring (bicyclic) bond motifs is 1. The number of halogens is 1. The van der Waals surface area contributed by atoms with Crippen LogP contribution in [0.4, 0.5) is 15.9 Å². The first-order chi connectivity index (χ1) is 15.6. The number of amides is 2. The van der Waals surface area contributed by atoms with E-state index in [4.69, 9.17) is 0 Å². The molecule has 1 saturated heterocycles. The summed E-state index contributed by atoms with van der Waals surface area (Å²) in [5, 5.41) is 0. The molecular formula is C25H23FN4O2. The molecule has 7 heteroatoms. The van der Waals surface area contributed by atoms with E-state index in [1.165, 1.54) is 12.1 Å². The Bertz CT molecular complexity index is 1130. The largest absolute Gasteiger partial charge is 0.368 e. The van der Waals surface area contributed by atoms with E-state index in [9.17, 15) is 14.0 Å². The summed E-state index contributed by atoms with van der Waals surface area (Å²) in [4.78, 5) is 36.3. The van der Waals surface area contributed by atoms with Crippen LogP contribution in [0, 0.1) is 5.82 Å². The van der Waals surface area contributed by atoms with E-state index in [2.05, 4.69) is 9.88 Å². The van der Waals surface area contributed by atoms with Crippen LogP contribution in [0.25, 0.3) is 0 Å². The van der Waals surface area contributed by atoms with Crippen LogP contribution in [0.5, 0.6) is 0 Å². The number of piperazine rings is 1. The minimum atomic E-state index is -0.378. The maximum atomic E-state index is 13.2. The molecule has 2 aromatic carbocycles. The van der Waals surface area contributed by atoms with Crippen LogP contribution in [0.3, 0.4) is 0 Å². The van der Waals surface area contributed by atoms with Crippen molar-refractivity contribution in [1.82, 2.24) is 9.88 Å². The van der Waals surface area contributed by atoms with Crippen molar-refractivity contribution in [3.8, 4) is 0 Å². The molecule has 6 nitrogen and oxygen atoms in total. The van der Waals surface area contributed by atoms with Crippen molar-refractivity contribution >= 4 is 23.3 Å². The van der Waals surface area contributed by atoms with Gasteiger partial charge in [0.2, 0.25) is 5.91 Å². The highest BCUT2D eigenvalue weighted by molar-refractivity contribution is 6.11. The molecule has 2 aliphatic heterocycles. The van der Waals surface area contributed by atoms with Crippen LogP contribution in [0.2, 0.25) is 0 Å². The maximum Gasteiger partial charge on any atom is 0.260 e. The zero-order chi connectivity index (χ0) is 22.1. The number of pyridine rings is 1. The second-order valence-electron chi connectivity index (χ2n) is 8.01. The van der Waals surface area contributed by atoms with E-state index in [1.807, 2.05) is 29.2 Å². The Morgan fingerprint density at radius 3 is 2.38 bits per heavy atom. The Hall–Kier alpha value is -3.74. The summed E-state index contributed by atoms with van der Waals surface area (Å²) in [5.41, 5.74) is 2.44. The third-order valence-electron chi connectivity index (χ3n) is 6.17. The molecule has 0 bridgehead atoms. The van der Waals surface area contributed by atoms with Crippen LogP contribution >= 0.6 is 0 Å². The van der Waals surface area contributed by atoms with Crippen molar-refractivity contribution in [2.24, 2.45) is 0 Å². The number of hydrogen-bond donors (Lipinski definition) is 0. The fourth-order valence-electron chi connectivity index (χ4n) is 4.51. The van der Waals surface area contributed by atoms with E-state index in [0.29, 0.717) is 37.6 Å². The molecule has 5 rings (SSSR count). The first kappa shape index (κ1) is 20.2. The van der Waals surface area contributed by atoms with E-state index >= 15 is 0 Å². The average Bonchev–Trinajstić information content (AvgIpc) is 3.12. The molecule has 0 saturated carbocycles. The zero-order valence-corrected chi connectivity index (χ0v) is 17.5. The van der Waals surface area contributed by atoms with E-state index in [1.54, 1.807) is 41.4 Å². The number of benzene rings is 2. The smallest absolute Gasteiger partial charge is 0.260 e. The number of nitrogens with zero attached hydrogens (tertiary/aromatic N) is 4. The van der Waals surface area contributed by atoms with E-state index in [0.717, 1.165) is 11.3 Å². The highest BCUT2D eigenvalue weighted by Gasteiger charge is 2.40. The first-order valence-electron chi connectivity index (χ1n) is 10.7. The number of carbonyl (C=O) groups excluding carboxylic acids is 2. The lowest BCUT2D eigenvalue weighted by atomic mass is 10.0. The molecule has 1 atom stereocenters. The SMILES string of the molecule is O=C(CC1c2ccccc2C(=O)N1c1ccccn1)N1CCN(c2ccc(F)cc2)CC1. The standard InChI is InChI=1S/C25H23FN4O2/c26-18-8-10-19(11-9-18)28-13-15-29(16-14-28)24(31)17-22-20-5-1-2-6-21(20)25(32)30(22)23-7-3-4-12-27-23/h1-12,22H,13-17H2. The topological polar surface area (TPSA) is 56.8 Å². The number of rotatable bonds is 4. The molecule has 1 fully saturated rings. The summed E-state index contributed by atoms with van der Waals surface area (Å²) in [6.45, 7) is 2.53. The van der Waals surface area contributed by atoms with Gasteiger partial charge in [0.25, 0.3) is 5.91 Å². The molecule has 0 aliphatic carbocycles. The molecule has 1 unspecified atom stereocenters. The molecule has 2 amide bonds. The van der Waals surface area contributed by atoms with Crippen molar-refractivity contribution in [3.63, 3.8) is 0 Å². The molecule has 0 spiro atoms. The van der Waals surface area contributed by atoms with E-state index < -0.39 is 0 Å². The van der Waals surface area contributed by atoms with Gasteiger partial charge in [-0.05, 0) is 48.0 Å². The summed E-state index contributed by atoms with van der Waals surface area (Å²) < 4.78 is 13.2. The zero-order valence-electron chi connectivity index (χ0n) is 17.5. The van der Waals surface area contributed by atoms with Gasteiger partial charge in [-0.3, -0.25) is 14.5 Å². The van der Waals surface area contributed by atoms with Crippen LogP contribution < -0.4 is 9.80 Å². The number of carbonyl (C=O) groups is 2. The second kappa shape index (κ2) is 8.42. The number of anilines is 2. The predicted molar refractivity (Wildman–Crippen MR) is 120 cm³/mol. The highest BCUT2D eigenvalue weighted by atomic mass is 19.1. The lowest BCUT2D eigenvalue weighted by molar-refractivity contribution is -0.131. The molecule has 0 radical (unpaired) electrons. The van der Waals surface area contributed by atoms with Crippen LogP contribution in [0.15, 0.2) is 72.9 Å². The number of aromatic nitrogens is 1. The third-order valence-corrected chi connectivity index (χ3v) is 6.17. The van der Waals surface area contributed by atoms with Crippen LogP contribution in [-0.2, 0) is 4.79 Å². The monoisotopic (exact) mass is 430 g/mol. The summed E-state index contributed by atoms with van der Waals surface area (Å²) in [6, 6.07) is 18.9. The third kappa shape index (κ3) is 3.70. The minimum absolute atomic E-state index is 0.0131. The first-order valence-corrected chi connectivity index (χ1v) is 10.7. The van der Waals surface area contributed by atoms with Crippen molar-refractivity contribution in [2.45, 2.75) is 12.5 Å². The fraction of sp³-hybridized carbons (Fsp3) is 0.240. The summed E-state index contributed by atoms with van der Waals surface area (Å²) in [5.74, 6) is 0.177. The van der Waals surface area contributed by atoms with Crippen molar-refractivity contribution in [2.75, 3.05) is 36.0 Å². The molecule has 3 aromatic rings. The maximum absolute atomic E-state index is 13.2. The quantitative estimate of drug-likeness (QED) is 0.634. The van der Waals surface area contributed by atoms with E-state index in [-0.39, 0.29) is 30.1 Å². The Morgan fingerprint density at radius 1 is 0.938 bits per heavy atom. The molecule has 0 N–H and O–H groups in total. The Kier molecular flexibility index (Phi) is 5.31. The van der Waals surface area contributed by atoms with Crippen molar-refractivity contribution in [3.05, 3.63) is 89.9 Å². The Labute approximate surface area is 185 Å². The molecule has 32 heavy (non-hydrogen) atoms.